The Morgan fingerprint density at radius 1 is 0.634 bits per heavy atom. The van der Waals surface area contributed by atoms with Gasteiger partial charge in [0.2, 0.25) is 0 Å². The van der Waals surface area contributed by atoms with Gasteiger partial charge in [0.05, 0.1) is 13.2 Å². The van der Waals surface area contributed by atoms with Crippen molar-refractivity contribution < 1.29 is 37.6 Å². The number of hydrogen-bond donors (Lipinski definition) is 2. The third-order valence-corrected chi connectivity index (χ3v) is 7.98. The molecule has 0 saturated heterocycles. The van der Waals surface area contributed by atoms with Crippen LogP contribution in [0, 0.1) is 0 Å². The lowest BCUT2D eigenvalue weighted by atomic mass is 10.0. The van der Waals surface area contributed by atoms with Gasteiger partial charge in [-0.15, -0.1) is 0 Å². The first-order chi connectivity index (χ1) is 19.8. The van der Waals surface area contributed by atoms with E-state index >= 15 is 0 Å². The molecule has 0 amide bonds. The molecule has 2 unspecified atom stereocenters. The molecule has 0 spiro atoms. The Morgan fingerprint density at radius 3 is 1.49 bits per heavy atom. The minimum Gasteiger partial charge on any atom is -0.462 e. The molecule has 244 valence electrons. The van der Waals surface area contributed by atoms with E-state index in [0.29, 0.717) is 6.42 Å². The van der Waals surface area contributed by atoms with Crippen LogP contribution in [-0.2, 0) is 32.7 Å². The minimum absolute atomic E-state index is 0.0573. The number of ether oxygens (including phenoxy) is 2. The molecule has 0 aliphatic rings. The van der Waals surface area contributed by atoms with Gasteiger partial charge >= 0.3 is 19.8 Å². The largest absolute Gasteiger partial charge is 0.472 e. The Hall–Kier alpha value is -0.990. The molecular formula is C31H62NO8P. The summed E-state index contributed by atoms with van der Waals surface area (Å²) in [4.78, 5) is 34.4. The van der Waals surface area contributed by atoms with E-state index in [2.05, 4.69) is 13.8 Å². The molecule has 10 heteroatoms. The van der Waals surface area contributed by atoms with Crippen LogP contribution in [0.3, 0.4) is 0 Å². The fraction of sp³-hybridized carbons (Fsp3) is 0.935. The van der Waals surface area contributed by atoms with Gasteiger partial charge in [-0.2, -0.15) is 0 Å². The first-order valence-electron chi connectivity index (χ1n) is 16.5. The molecule has 0 radical (unpaired) electrons. The number of hydrogen-bond acceptors (Lipinski definition) is 8. The zero-order valence-corrected chi connectivity index (χ0v) is 27.2. The summed E-state index contributed by atoms with van der Waals surface area (Å²) in [6.07, 6.45) is 22.9. The Balaban J connectivity index is 4.27. The van der Waals surface area contributed by atoms with Crippen molar-refractivity contribution in [1.29, 1.82) is 0 Å². The van der Waals surface area contributed by atoms with Gasteiger partial charge in [-0.1, -0.05) is 129 Å². The Labute approximate surface area is 250 Å². The van der Waals surface area contributed by atoms with Crippen LogP contribution in [-0.4, -0.2) is 49.3 Å². The van der Waals surface area contributed by atoms with Crippen LogP contribution in [0.15, 0.2) is 0 Å². The summed E-state index contributed by atoms with van der Waals surface area (Å²) >= 11 is 0. The molecule has 0 aromatic rings. The number of nitrogens with two attached hydrogens (primary N) is 1. The van der Waals surface area contributed by atoms with E-state index < -0.39 is 26.5 Å². The Bertz CT molecular complexity index is 664. The summed E-state index contributed by atoms with van der Waals surface area (Å²) in [5.74, 6) is -0.829. The third-order valence-electron chi connectivity index (χ3n) is 6.99. The fourth-order valence-corrected chi connectivity index (χ4v) is 5.28. The van der Waals surface area contributed by atoms with Gasteiger partial charge in [-0.3, -0.25) is 18.6 Å². The van der Waals surface area contributed by atoms with Crippen LogP contribution in [0.2, 0.25) is 0 Å². The maximum absolute atomic E-state index is 12.4. The van der Waals surface area contributed by atoms with Crippen molar-refractivity contribution in [2.45, 2.75) is 161 Å². The summed E-state index contributed by atoms with van der Waals surface area (Å²) in [6.45, 7) is 3.68. The van der Waals surface area contributed by atoms with Crippen molar-refractivity contribution in [1.82, 2.24) is 0 Å². The van der Waals surface area contributed by atoms with Gasteiger partial charge in [0.15, 0.2) is 6.10 Å². The molecule has 9 nitrogen and oxygen atoms in total. The van der Waals surface area contributed by atoms with Crippen LogP contribution >= 0.6 is 7.82 Å². The van der Waals surface area contributed by atoms with Crippen LogP contribution in [0.1, 0.15) is 155 Å². The second-order valence-electron chi connectivity index (χ2n) is 11.0. The molecule has 0 aliphatic heterocycles. The normalized spacial score (nSPS) is 13.6. The number of esters is 2. The van der Waals surface area contributed by atoms with Gasteiger partial charge in [-0.25, -0.2) is 4.57 Å². The molecular weight excluding hydrogens is 545 g/mol. The lowest BCUT2D eigenvalue weighted by Crippen LogP contribution is -2.29. The van der Waals surface area contributed by atoms with Crippen molar-refractivity contribution >= 4 is 19.8 Å². The molecule has 41 heavy (non-hydrogen) atoms. The van der Waals surface area contributed by atoms with Crippen LogP contribution < -0.4 is 5.73 Å². The fourth-order valence-electron chi connectivity index (χ4n) is 4.52. The standard InChI is InChI=1S/C31H62NO8P/c1-3-5-7-9-11-13-14-15-16-18-20-22-24-31(34)40-29(28-39-41(35,36)38-26-25-32)27-37-30(33)23-21-19-17-12-10-8-6-4-2/h29H,3-28,32H2,1-2H3,(H,35,36). The van der Waals surface area contributed by atoms with Gasteiger partial charge < -0.3 is 20.1 Å². The molecule has 0 saturated carbocycles. The highest BCUT2D eigenvalue weighted by molar-refractivity contribution is 7.47. The molecule has 0 aromatic heterocycles. The van der Waals surface area contributed by atoms with Gasteiger partial charge in [0.25, 0.3) is 0 Å². The Kier molecular flexibility index (Phi) is 28.4. The molecule has 2 atom stereocenters. The van der Waals surface area contributed by atoms with Crippen molar-refractivity contribution in [3.63, 3.8) is 0 Å². The summed E-state index contributed by atoms with van der Waals surface area (Å²) in [6, 6.07) is 0. The topological polar surface area (TPSA) is 134 Å². The molecule has 0 heterocycles. The lowest BCUT2D eigenvalue weighted by molar-refractivity contribution is -0.161. The summed E-state index contributed by atoms with van der Waals surface area (Å²) in [5, 5.41) is 0. The monoisotopic (exact) mass is 607 g/mol. The van der Waals surface area contributed by atoms with Crippen molar-refractivity contribution in [3.8, 4) is 0 Å². The smallest absolute Gasteiger partial charge is 0.462 e. The first-order valence-corrected chi connectivity index (χ1v) is 18.0. The zero-order valence-electron chi connectivity index (χ0n) is 26.3. The van der Waals surface area contributed by atoms with Crippen molar-refractivity contribution in [2.75, 3.05) is 26.4 Å². The number of unbranched alkanes of at least 4 members (excludes halogenated alkanes) is 18. The molecule has 0 rings (SSSR count). The number of carbonyl (C=O) groups is 2. The number of phosphoric acid groups is 1. The van der Waals surface area contributed by atoms with E-state index in [1.165, 1.54) is 89.9 Å². The zero-order chi connectivity index (χ0) is 30.4. The molecule has 0 fully saturated rings. The SMILES string of the molecule is CCCCCCCCCCCCCCC(=O)OC(COC(=O)CCCCCCCCCC)COP(=O)(O)OCCN. The minimum atomic E-state index is -4.35. The predicted octanol–water partition coefficient (Wildman–Crippen LogP) is 8.16. The highest BCUT2D eigenvalue weighted by Crippen LogP contribution is 2.43. The summed E-state index contributed by atoms with van der Waals surface area (Å²) in [5.41, 5.74) is 5.30. The van der Waals surface area contributed by atoms with E-state index in [1.54, 1.807) is 0 Å². The van der Waals surface area contributed by atoms with E-state index in [-0.39, 0.29) is 38.6 Å². The van der Waals surface area contributed by atoms with Crippen molar-refractivity contribution in [3.05, 3.63) is 0 Å². The summed E-state index contributed by atoms with van der Waals surface area (Å²) in [7, 11) is -4.35. The second-order valence-corrected chi connectivity index (χ2v) is 12.5. The number of carbonyl (C=O) groups excluding carboxylic acids is 2. The highest BCUT2D eigenvalue weighted by Gasteiger charge is 2.25. The number of phosphoric ester groups is 1. The quantitative estimate of drug-likeness (QED) is 0.0454. The first kappa shape index (κ1) is 40.0. The highest BCUT2D eigenvalue weighted by atomic mass is 31.2. The van der Waals surface area contributed by atoms with Crippen LogP contribution in [0.5, 0.6) is 0 Å². The van der Waals surface area contributed by atoms with Crippen molar-refractivity contribution in [2.24, 2.45) is 5.73 Å². The third kappa shape index (κ3) is 28.9. The predicted molar refractivity (Wildman–Crippen MR) is 165 cm³/mol. The molecule has 3 N–H and O–H groups in total. The van der Waals surface area contributed by atoms with Gasteiger partial charge in [0.1, 0.15) is 6.61 Å². The van der Waals surface area contributed by atoms with E-state index in [9.17, 15) is 19.0 Å². The van der Waals surface area contributed by atoms with E-state index in [0.717, 1.165) is 32.1 Å². The second kappa shape index (κ2) is 29.1. The summed E-state index contributed by atoms with van der Waals surface area (Å²) < 4.78 is 32.4. The molecule has 0 aliphatic carbocycles. The maximum atomic E-state index is 12.4. The number of rotatable bonds is 31. The molecule has 0 bridgehead atoms. The molecule has 0 aromatic carbocycles. The van der Waals surface area contributed by atoms with Gasteiger partial charge in [0, 0.05) is 19.4 Å². The average molecular weight is 608 g/mol. The van der Waals surface area contributed by atoms with Crippen LogP contribution in [0.25, 0.3) is 0 Å². The Morgan fingerprint density at radius 2 is 1.05 bits per heavy atom. The lowest BCUT2D eigenvalue weighted by Gasteiger charge is -2.19. The van der Waals surface area contributed by atoms with Crippen LogP contribution in [0.4, 0.5) is 0 Å². The van der Waals surface area contributed by atoms with Gasteiger partial charge in [-0.05, 0) is 12.8 Å². The van der Waals surface area contributed by atoms with E-state index in [1.807, 2.05) is 0 Å². The maximum Gasteiger partial charge on any atom is 0.472 e. The van der Waals surface area contributed by atoms with E-state index in [4.69, 9.17) is 24.3 Å². The average Bonchev–Trinajstić information content (AvgIpc) is 2.95.